The summed E-state index contributed by atoms with van der Waals surface area (Å²) < 4.78 is 0. The summed E-state index contributed by atoms with van der Waals surface area (Å²) in [6.45, 7) is 11.2. The van der Waals surface area contributed by atoms with Gasteiger partial charge in [0.05, 0.1) is 0 Å². The highest BCUT2D eigenvalue weighted by atomic mass is 14.2. The molecule has 0 saturated carbocycles. The van der Waals surface area contributed by atoms with Gasteiger partial charge in [0.25, 0.3) is 0 Å². The normalized spacial score (nSPS) is 14.1. The van der Waals surface area contributed by atoms with Crippen LogP contribution >= 0.6 is 0 Å². The second-order valence-electron chi connectivity index (χ2n) is 5.09. The fourth-order valence-corrected chi connectivity index (χ4v) is 1.46. The minimum atomic E-state index is 0.247. The number of hydrogen-bond donors (Lipinski definition) is 0. The fraction of sp³-hybridized carbons (Fsp3) is 0.571. The van der Waals surface area contributed by atoms with Crippen LogP contribution in [0.5, 0.6) is 0 Å². The number of benzene rings is 1. The molecule has 0 aliphatic carbocycles. The van der Waals surface area contributed by atoms with Crippen molar-refractivity contribution in [1.29, 1.82) is 0 Å². The second-order valence-corrected chi connectivity index (χ2v) is 5.09. The number of rotatable bonds is 2. The lowest BCUT2D eigenvalue weighted by Gasteiger charge is -2.20. The van der Waals surface area contributed by atoms with Crippen LogP contribution in [0.25, 0.3) is 0 Å². The standard InChI is InChI=1S/C14H21/c1-6-11(2)12-8-7-9-13(10-12)14(3,4)5/h7,9-11H,6H2,1-5H3. The maximum absolute atomic E-state index is 3.33. The van der Waals surface area contributed by atoms with E-state index in [-0.39, 0.29) is 5.41 Å². The zero-order chi connectivity index (χ0) is 10.8. The predicted octanol–water partition coefficient (Wildman–Crippen LogP) is 4.30. The van der Waals surface area contributed by atoms with Gasteiger partial charge < -0.3 is 0 Å². The van der Waals surface area contributed by atoms with Gasteiger partial charge in [-0.05, 0) is 34.9 Å². The van der Waals surface area contributed by atoms with Crippen LogP contribution in [0.1, 0.15) is 58.1 Å². The molecule has 0 fully saturated rings. The molecule has 1 unspecified atom stereocenters. The average molecular weight is 189 g/mol. The van der Waals surface area contributed by atoms with Crippen molar-refractivity contribution in [2.45, 2.75) is 52.4 Å². The van der Waals surface area contributed by atoms with Gasteiger partial charge in [0.1, 0.15) is 0 Å². The van der Waals surface area contributed by atoms with E-state index in [9.17, 15) is 0 Å². The van der Waals surface area contributed by atoms with Gasteiger partial charge in [0, 0.05) is 0 Å². The molecule has 0 N–H and O–H groups in total. The lowest BCUT2D eigenvalue weighted by atomic mass is 9.84. The first-order chi connectivity index (χ1) is 6.45. The summed E-state index contributed by atoms with van der Waals surface area (Å²) in [5, 5.41) is 0. The molecule has 0 heterocycles. The zero-order valence-electron chi connectivity index (χ0n) is 10.0. The zero-order valence-corrected chi connectivity index (χ0v) is 10.0. The lowest BCUT2D eigenvalue weighted by Crippen LogP contribution is -2.11. The van der Waals surface area contributed by atoms with Crippen molar-refractivity contribution in [1.82, 2.24) is 0 Å². The molecule has 1 radical (unpaired) electrons. The van der Waals surface area contributed by atoms with Gasteiger partial charge in [-0.25, -0.2) is 0 Å². The third kappa shape index (κ3) is 2.60. The molecule has 0 heteroatoms. The van der Waals surface area contributed by atoms with Gasteiger partial charge in [0.2, 0.25) is 0 Å². The fourth-order valence-electron chi connectivity index (χ4n) is 1.46. The van der Waals surface area contributed by atoms with Crippen LogP contribution in [-0.4, -0.2) is 0 Å². The Kier molecular flexibility index (Phi) is 3.36. The Morgan fingerprint density at radius 3 is 2.50 bits per heavy atom. The van der Waals surface area contributed by atoms with E-state index in [1.54, 1.807) is 0 Å². The van der Waals surface area contributed by atoms with Crippen molar-refractivity contribution in [3.63, 3.8) is 0 Å². The molecule has 1 aromatic rings. The van der Waals surface area contributed by atoms with Gasteiger partial charge in [-0.2, -0.15) is 0 Å². The molecule has 1 atom stereocenters. The molecule has 0 bridgehead atoms. The van der Waals surface area contributed by atoms with Crippen LogP contribution in [0.15, 0.2) is 18.2 Å². The van der Waals surface area contributed by atoms with E-state index in [0.717, 1.165) is 0 Å². The van der Waals surface area contributed by atoms with E-state index in [4.69, 9.17) is 0 Å². The van der Waals surface area contributed by atoms with Crippen molar-refractivity contribution in [3.8, 4) is 0 Å². The van der Waals surface area contributed by atoms with E-state index in [1.807, 2.05) is 0 Å². The molecule has 0 aliphatic rings. The van der Waals surface area contributed by atoms with E-state index >= 15 is 0 Å². The van der Waals surface area contributed by atoms with Crippen molar-refractivity contribution >= 4 is 0 Å². The highest BCUT2D eigenvalue weighted by molar-refractivity contribution is 5.29. The van der Waals surface area contributed by atoms with E-state index < -0.39 is 0 Å². The van der Waals surface area contributed by atoms with Crippen LogP contribution in [0.2, 0.25) is 0 Å². The topological polar surface area (TPSA) is 0 Å². The predicted molar refractivity (Wildman–Crippen MR) is 62.7 cm³/mol. The minimum absolute atomic E-state index is 0.247. The third-order valence-electron chi connectivity index (χ3n) is 2.83. The lowest BCUT2D eigenvalue weighted by molar-refractivity contribution is 0.587. The Balaban J connectivity index is 3.01. The van der Waals surface area contributed by atoms with Gasteiger partial charge in [-0.3, -0.25) is 0 Å². The summed E-state index contributed by atoms with van der Waals surface area (Å²) in [5.74, 6) is 0.622. The van der Waals surface area contributed by atoms with Gasteiger partial charge in [0.15, 0.2) is 0 Å². The molecule has 0 aromatic heterocycles. The van der Waals surface area contributed by atoms with E-state index in [2.05, 4.69) is 58.9 Å². The Bertz CT molecular complexity index is 291. The second kappa shape index (κ2) is 4.16. The van der Waals surface area contributed by atoms with Crippen molar-refractivity contribution in [2.75, 3.05) is 0 Å². The highest BCUT2D eigenvalue weighted by Crippen LogP contribution is 2.26. The summed E-state index contributed by atoms with van der Waals surface area (Å²) >= 11 is 0. The summed E-state index contributed by atoms with van der Waals surface area (Å²) in [7, 11) is 0. The molecule has 77 valence electrons. The van der Waals surface area contributed by atoms with Crippen LogP contribution in [0.4, 0.5) is 0 Å². The van der Waals surface area contributed by atoms with Crippen LogP contribution in [-0.2, 0) is 5.41 Å². The first-order valence-electron chi connectivity index (χ1n) is 5.47. The SMILES string of the molecule is CCC(C)c1[c]ccc(C(C)(C)C)c1. The van der Waals surface area contributed by atoms with E-state index in [0.29, 0.717) is 5.92 Å². The molecule has 0 amide bonds. The van der Waals surface area contributed by atoms with Crippen LogP contribution in [0, 0.1) is 6.07 Å². The molecule has 0 spiro atoms. The van der Waals surface area contributed by atoms with Crippen molar-refractivity contribution in [3.05, 3.63) is 35.4 Å². The van der Waals surface area contributed by atoms with Gasteiger partial charge in [-0.1, -0.05) is 52.8 Å². The van der Waals surface area contributed by atoms with Crippen molar-refractivity contribution in [2.24, 2.45) is 0 Å². The minimum Gasteiger partial charge on any atom is -0.0648 e. The average Bonchev–Trinajstić information content (AvgIpc) is 2.15. The summed E-state index contributed by atoms with van der Waals surface area (Å²) in [6, 6.07) is 9.86. The Morgan fingerprint density at radius 1 is 1.36 bits per heavy atom. The molecule has 14 heavy (non-hydrogen) atoms. The Labute approximate surface area is 88.4 Å². The molecule has 1 rings (SSSR count). The van der Waals surface area contributed by atoms with Crippen molar-refractivity contribution < 1.29 is 0 Å². The van der Waals surface area contributed by atoms with E-state index in [1.165, 1.54) is 17.5 Å². The molecular formula is C14H21. The quantitative estimate of drug-likeness (QED) is 0.650. The maximum Gasteiger partial charge on any atom is -0.0132 e. The summed E-state index contributed by atoms with van der Waals surface area (Å²) in [5.41, 5.74) is 3.00. The maximum atomic E-state index is 3.33. The largest absolute Gasteiger partial charge is 0.0648 e. The third-order valence-corrected chi connectivity index (χ3v) is 2.83. The van der Waals surface area contributed by atoms with Gasteiger partial charge >= 0.3 is 0 Å². The molecule has 0 saturated heterocycles. The summed E-state index contributed by atoms with van der Waals surface area (Å²) in [6.07, 6.45) is 1.18. The Morgan fingerprint density at radius 2 is 2.00 bits per heavy atom. The first-order valence-corrected chi connectivity index (χ1v) is 5.47. The first kappa shape index (κ1) is 11.3. The molecule has 0 aliphatic heterocycles. The van der Waals surface area contributed by atoms with Gasteiger partial charge in [-0.15, -0.1) is 0 Å². The monoisotopic (exact) mass is 189 g/mol. The molecular weight excluding hydrogens is 168 g/mol. The highest BCUT2D eigenvalue weighted by Gasteiger charge is 2.14. The smallest absolute Gasteiger partial charge is 0.0132 e. The number of hydrogen-bond acceptors (Lipinski definition) is 0. The van der Waals surface area contributed by atoms with Crippen LogP contribution < -0.4 is 0 Å². The molecule has 0 nitrogen and oxygen atoms in total. The molecule has 1 aromatic carbocycles. The Hall–Kier alpha value is -0.780. The van der Waals surface area contributed by atoms with Crippen LogP contribution in [0.3, 0.4) is 0 Å². The summed E-state index contributed by atoms with van der Waals surface area (Å²) in [4.78, 5) is 0.